The van der Waals surface area contributed by atoms with Crippen molar-refractivity contribution in [3.8, 4) is 0 Å². The van der Waals surface area contributed by atoms with Crippen LogP contribution in [0.1, 0.15) is 15.9 Å². The van der Waals surface area contributed by atoms with E-state index in [0.29, 0.717) is 6.54 Å². The van der Waals surface area contributed by atoms with Crippen molar-refractivity contribution in [2.45, 2.75) is 13.0 Å². The van der Waals surface area contributed by atoms with Gasteiger partial charge in [-0.15, -0.1) is 0 Å². The first-order valence-corrected chi connectivity index (χ1v) is 6.01. The minimum absolute atomic E-state index is 0.0758. The molecule has 5 nitrogen and oxygen atoms in total. The molecule has 0 radical (unpaired) electrons. The lowest BCUT2D eigenvalue weighted by molar-refractivity contribution is -0.142. The summed E-state index contributed by atoms with van der Waals surface area (Å²) in [5.74, 6) is -2.29. The van der Waals surface area contributed by atoms with E-state index >= 15 is 0 Å². The van der Waals surface area contributed by atoms with Crippen molar-refractivity contribution in [2.24, 2.45) is 0 Å². The van der Waals surface area contributed by atoms with Gasteiger partial charge in [-0.25, -0.2) is 9.18 Å². The zero-order valence-electron chi connectivity index (χ0n) is 10.5. The van der Waals surface area contributed by atoms with Crippen LogP contribution in [-0.4, -0.2) is 47.6 Å². The van der Waals surface area contributed by atoms with Crippen LogP contribution >= 0.6 is 0 Å². The molecule has 1 aromatic rings. The molecule has 1 aromatic carbocycles. The van der Waals surface area contributed by atoms with Gasteiger partial charge in [-0.1, -0.05) is 11.6 Å². The lowest BCUT2D eigenvalue weighted by Gasteiger charge is -2.33. The summed E-state index contributed by atoms with van der Waals surface area (Å²) >= 11 is 0. The van der Waals surface area contributed by atoms with Crippen molar-refractivity contribution < 1.29 is 19.1 Å². The van der Waals surface area contributed by atoms with E-state index < -0.39 is 23.7 Å². The summed E-state index contributed by atoms with van der Waals surface area (Å²) in [7, 11) is 0. The molecule has 2 N–H and O–H groups in total. The Bertz CT molecular complexity index is 519. The fraction of sp³-hybridized carbons (Fsp3) is 0.385. The molecule has 0 bridgehead atoms. The van der Waals surface area contributed by atoms with E-state index in [9.17, 15) is 14.0 Å². The zero-order valence-corrected chi connectivity index (χ0v) is 10.5. The molecule has 0 spiro atoms. The van der Waals surface area contributed by atoms with Gasteiger partial charge in [0.1, 0.15) is 11.9 Å². The lowest BCUT2D eigenvalue weighted by Crippen LogP contribution is -2.57. The molecule has 0 saturated carbocycles. The van der Waals surface area contributed by atoms with Gasteiger partial charge in [-0.2, -0.15) is 0 Å². The highest BCUT2D eigenvalue weighted by Crippen LogP contribution is 2.15. The summed E-state index contributed by atoms with van der Waals surface area (Å²) in [6, 6.07) is 3.28. The molecule has 1 unspecified atom stereocenters. The number of nitrogens with one attached hydrogen (secondary N) is 1. The van der Waals surface area contributed by atoms with Crippen molar-refractivity contribution >= 4 is 11.9 Å². The molecule has 1 amide bonds. The van der Waals surface area contributed by atoms with Gasteiger partial charge in [-0.3, -0.25) is 4.79 Å². The molecule has 1 heterocycles. The second-order valence-corrected chi connectivity index (χ2v) is 4.54. The molecule has 0 aromatic heterocycles. The number of carbonyl (C=O) groups is 2. The largest absolute Gasteiger partial charge is 0.480 e. The Hall–Kier alpha value is -1.95. The highest BCUT2D eigenvalue weighted by atomic mass is 19.1. The van der Waals surface area contributed by atoms with Crippen LogP contribution in [0.15, 0.2) is 18.2 Å². The van der Waals surface area contributed by atoms with Gasteiger partial charge < -0.3 is 15.3 Å². The Morgan fingerprint density at radius 1 is 1.47 bits per heavy atom. The second-order valence-electron chi connectivity index (χ2n) is 4.54. The Morgan fingerprint density at radius 3 is 2.89 bits per heavy atom. The summed E-state index contributed by atoms with van der Waals surface area (Å²) in [6.45, 7) is 2.68. The standard InChI is InChI=1S/C13H15FN2O3/c1-8-2-3-10(14)9(6-8)12(17)16-5-4-15-7-11(16)13(18)19/h2-3,6,11,15H,4-5,7H2,1H3,(H,18,19). The maximum absolute atomic E-state index is 13.7. The first kappa shape index (κ1) is 13.5. The van der Waals surface area contributed by atoms with Gasteiger partial charge >= 0.3 is 5.97 Å². The molecule has 0 aliphatic carbocycles. The van der Waals surface area contributed by atoms with E-state index in [0.717, 1.165) is 5.56 Å². The Morgan fingerprint density at radius 2 is 2.21 bits per heavy atom. The van der Waals surface area contributed by atoms with E-state index in [1.54, 1.807) is 13.0 Å². The lowest BCUT2D eigenvalue weighted by atomic mass is 10.1. The monoisotopic (exact) mass is 266 g/mol. The molecule has 1 atom stereocenters. The van der Waals surface area contributed by atoms with Crippen LogP contribution in [0, 0.1) is 12.7 Å². The zero-order chi connectivity index (χ0) is 14.0. The number of nitrogens with zero attached hydrogens (tertiary/aromatic N) is 1. The first-order chi connectivity index (χ1) is 9.00. The number of aryl methyl sites for hydroxylation is 1. The number of hydrogen-bond donors (Lipinski definition) is 2. The molecular weight excluding hydrogens is 251 g/mol. The molecule has 1 saturated heterocycles. The van der Waals surface area contributed by atoms with Gasteiger partial charge in [-0.05, 0) is 19.1 Å². The van der Waals surface area contributed by atoms with Crippen LogP contribution in [-0.2, 0) is 4.79 Å². The number of halogens is 1. The van der Waals surface area contributed by atoms with Crippen molar-refractivity contribution in [1.82, 2.24) is 10.2 Å². The third-order valence-electron chi connectivity index (χ3n) is 3.14. The summed E-state index contributed by atoms with van der Waals surface area (Å²) in [5.41, 5.74) is 0.680. The van der Waals surface area contributed by atoms with Crippen molar-refractivity contribution in [3.05, 3.63) is 35.1 Å². The van der Waals surface area contributed by atoms with Crippen LogP contribution in [0.4, 0.5) is 4.39 Å². The van der Waals surface area contributed by atoms with Crippen LogP contribution < -0.4 is 5.32 Å². The number of carboxylic acid groups (broad SMARTS) is 1. The summed E-state index contributed by atoms with van der Waals surface area (Å²) in [6.07, 6.45) is 0. The van der Waals surface area contributed by atoms with Gasteiger partial charge in [0.15, 0.2) is 0 Å². The van der Waals surface area contributed by atoms with Crippen LogP contribution in [0.2, 0.25) is 0 Å². The maximum atomic E-state index is 13.7. The number of piperazine rings is 1. The van der Waals surface area contributed by atoms with Crippen molar-refractivity contribution in [2.75, 3.05) is 19.6 Å². The van der Waals surface area contributed by atoms with E-state index in [4.69, 9.17) is 5.11 Å². The molecule has 19 heavy (non-hydrogen) atoms. The van der Waals surface area contributed by atoms with Crippen LogP contribution in [0.3, 0.4) is 0 Å². The quantitative estimate of drug-likeness (QED) is 0.824. The SMILES string of the molecule is Cc1ccc(F)c(C(=O)N2CCNCC2C(=O)O)c1. The van der Waals surface area contributed by atoms with Gasteiger partial charge in [0, 0.05) is 19.6 Å². The molecule has 1 fully saturated rings. The highest BCUT2D eigenvalue weighted by Gasteiger charge is 2.33. The van der Waals surface area contributed by atoms with E-state index in [1.165, 1.54) is 17.0 Å². The van der Waals surface area contributed by atoms with Gasteiger partial charge in [0.2, 0.25) is 0 Å². The van der Waals surface area contributed by atoms with E-state index in [2.05, 4.69) is 5.32 Å². The van der Waals surface area contributed by atoms with Crippen molar-refractivity contribution in [3.63, 3.8) is 0 Å². The Balaban J connectivity index is 2.31. The van der Waals surface area contributed by atoms with Gasteiger partial charge in [0.05, 0.1) is 5.56 Å². The fourth-order valence-electron chi connectivity index (χ4n) is 2.13. The highest BCUT2D eigenvalue weighted by molar-refractivity contribution is 5.97. The predicted octanol–water partition coefficient (Wildman–Crippen LogP) is 0.633. The average molecular weight is 266 g/mol. The number of aliphatic carboxylic acids is 1. The minimum atomic E-state index is -1.09. The Kier molecular flexibility index (Phi) is 3.80. The number of rotatable bonds is 2. The number of amides is 1. The second kappa shape index (κ2) is 5.36. The van der Waals surface area contributed by atoms with E-state index in [-0.39, 0.29) is 18.7 Å². The van der Waals surface area contributed by atoms with Crippen LogP contribution in [0.5, 0.6) is 0 Å². The fourth-order valence-corrected chi connectivity index (χ4v) is 2.13. The molecule has 2 rings (SSSR count). The van der Waals surface area contributed by atoms with Crippen molar-refractivity contribution in [1.29, 1.82) is 0 Å². The van der Waals surface area contributed by atoms with Gasteiger partial charge in [0.25, 0.3) is 5.91 Å². The smallest absolute Gasteiger partial charge is 0.327 e. The van der Waals surface area contributed by atoms with Crippen LogP contribution in [0.25, 0.3) is 0 Å². The number of carbonyl (C=O) groups excluding carboxylic acids is 1. The number of benzene rings is 1. The topological polar surface area (TPSA) is 69.6 Å². The minimum Gasteiger partial charge on any atom is -0.480 e. The first-order valence-electron chi connectivity index (χ1n) is 6.01. The molecule has 102 valence electrons. The molecule has 6 heteroatoms. The molecular formula is C13H15FN2O3. The third kappa shape index (κ3) is 2.73. The predicted molar refractivity (Wildman–Crippen MR) is 66.5 cm³/mol. The third-order valence-corrected chi connectivity index (χ3v) is 3.14. The average Bonchev–Trinajstić information content (AvgIpc) is 2.40. The normalized spacial score (nSPS) is 19.3. The molecule has 1 aliphatic rings. The molecule has 1 aliphatic heterocycles. The Labute approximate surface area is 110 Å². The number of hydrogen-bond acceptors (Lipinski definition) is 3. The summed E-state index contributed by atoms with van der Waals surface area (Å²) < 4.78 is 13.7. The maximum Gasteiger partial charge on any atom is 0.327 e. The number of carboxylic acids is 1. The summed E-state index contributed by atoms with van der Waals surface area (Å²) in [5, 5.41) is 12.0. The van der Waals surface area contributed by atoms with E-state index in [1.807, 2.05) is 0 Å². The summed E-state index contributed by atoms with van der Waals surface area (Å²) in [4.78, 5) is 24.6.